The lowest BCUT2D eigenvalue weighted by atomic mass is 9.87. The van der Waals surface area contributed by atoms with Gasteiger partial charge in [0.15, 0.2) is 0 Å². The number of nitrogens with one attached hydrogen (secondary N) is 2. The summed E-state index contributed by atoms with van der Waals surface area (Å²) in [5.41, 5.74) is 0. The highest BCUT2D eigenvalue weighted by Gasteiger charge is 2.32. The second-order valence-electron chi connectivity index (χ2n) is 10.9. The molecule has 0 saturated carbocycles. The lowest BCUT2D eigenvalue weighted by Crippen LogP contribution is -2.42. The van der Waals surface area contributed by atoms with Crippen molar-refractivity contribution in [2.24, 2.45) is 11.8 Å². The van der Waals surface area contributed by atoms with Crippen molar-refractivity contribution in [3.63, 3.8) is 0 Å². The molecule has 0 spiro atoms. The van der Waals surface area contributed by atoms with E-state index in [1.165, 1.54) is 0 Å². The third-order valence-electron chi connectivity index (χ3n) is 6.42. The first-order valence-corrected chi connectivity index (χ1v) is 12.7. The van der Waals surface area contributed by atoms with E-state index in [9.17, 15) is 14.4 Å². The summed E-state index contributed by atoms with van der Waals surface area (Å²) in [5.74, 6) is -0.334. The molecule has 1 fully saturated rings. The molecular formula is C31H74N5O3+. The number of rotatable bonds is 16. The van der Waals surface area contributed by atoms with Gasteiger partial charge in [0.1, 0.15) is 0 Å². The van der Waals surface area contributed by atoms with Gasteiger partial charge in [0, 0.05) is 50.4 Å². The Bertz CT molecular complexity index is 620. The minimum absolute atomic E-state index is 0. The molecule has 1 saturated heterocycles. The third-order valence-corrected chi connectivity index (χ3v) is 6.42. The van der Waals surface area contributed by atoms with E-state index in [2.05, 4.69) is 43.6 Å². The number of carbonyl (C=O) groups excluding carboxylic acids is 3. The molecule has 8 heteroatoms. The lowest BCUT2D eigenvalue weighted by Gasteiger charge is -2.31. The van der Waals surface area contributed by atoms with E-state index < -0.39 is 0 Å². The second-order valence-corrected chi connectivity index (χ2v) is 10.9. The third kappa shape index (κ3) is 20.8. The first-order chi connectivity index (χ1) is 15.4. The van der Waals surface area contributed by atoms with Crippen LogP contribution in [0.15, 0.2) is 0 Å². The smallest absolute Gasteiger partial charge is 0.223 e. The Balaban J connectivity index is -0.000000454. The Kier molecular flexibility index (Phi) is 32.6. The Morgan fingerprint density at radius 1 is 0.923 bits per heavy atom. The SMILES string of the molecule is C.C.C.C.C.C.CCC(CC(CC(C)C(=O)NCCC[N+](C)(C)C)C(=O)NCCCN(C)C)N1CCCC1=O. The molecule has 2 N–H and O–H groups in total. The van der Waals surface area contributed by atoms with Crippen molar-refractivity contribution < 1.29 is 18.9 Å². The number of nitrogens with zero attached hydrogens (tertiary/aromatic N) is 3. The maximum atomic E-state index is 13.1. The van der Waals surface area contributed by atoms with E-state index in [0.717, 1.165) is 49.8 Å². The molecular weight excluding hydrogens is 490 g/mol. The number of hydrogen-bond donors (Lipinski definition) is 2. The van der Waals surface area contributed by atoms with Crippen LogP contribution in [0.25, 0.3) is 0 Å². The fourth-order valence-electron chi connectivity index (χ4n) is 4.43. The van der Waals surface area contributed by atoms with Crippen LogP contribution in [0.5, 0.6) is 0 Å². The van der Waals surface area contributed by atoms with Gasteiger partial charge in [-0.2, -0.15) is 0 Å². The van der Waals surface area contributed by atoms with Gasteiger partial charge in [-0.1, -0.05) is 58.4 Å². The molecule has 3 atom stereocenters. The van der Waals surface area contributed by atoms with Crippen LogP contribution in [0.3, 0.4) is 0 Å². The van der Waals surface area contributed by atoms with Gasteiger partial charge in [0.2, 0.25) is 17.7 Å². The van der Waals surface area contributed by atoms with Crippen LogP contribution < -0.4 is 10.6 Å². The highest BCUT2D eigenvalue weighted by molar-refractivity contribution is 5.82. The molecule has 240 valence electrons. The van der Waals surface area contributed by atoms with Gasteiger partial charge in [0.05, 0.1) is 27.7 Å². The molecule has 0 radical (unpaired) electrons. The summed E-state index contributed by atoms with van der Waals surface area (Å²) in [6.07, 6.45) is 5.23. The summed E-state index contributed by atoms with van der Waals surface area (Å²) in [6, 6.07) is 0.0531. The van der Waals surface area contributed by atoms with Crippen LogP contribution >= 0.6 is 0 Å². The van der Waals surface area contributed by atoms with E-state index in [1.807, 2.05) is 25.9 Å². The Morgan fingerprint density at radius 2 is 1.46 bits per heavy atom. The summed E-state index contributed by atoms with van der Waals surface area (Å²) in [7, 11) is 10.5. The highest BCUT2D eigenvalue weighted by atomic mass is 16.2. The van der Waals surface area contributed by atoms with Crippen LogP contribution in [0.4, 0.5) is 0 Å². The zero-order valence-corrected chi connectivity index (χ0v) is 22.3. The molecule has 0 bridgehead atoms. The van der Waals surface area contributed by atoms with Gasteiger partial charge in [-0.3, -0.25) is 14.4 Å². The molecule has 0 aliphatic carbocycles. The normalized spacial score (nSPS) is 14.6. The van der Waals surface area contributed by atoms with E-state index in [-0.39, 0.29) is 80.2 Å². The molecule has 0 aromatic rings. The Morgan fingerprint density at radius 3 is 1.92 bits per heavy atom. The first-order valence-electron chi connectivity index (χ1n) is 12.7. The fraction of sp³-hybridized carbons (Fsp3) is 0.903. The number of carbonyl (C=O) groups is 3. The van der Waals surface area contributed by atoms with E-state index in [0.29, 0.717) is 32.4 Å². The van der Waals surface area contributed by atoms with Gasteiger partial charge in [-0.05, 0) is 52.7 Å². The standard InChI is InChI=1S/C25H49N5O3.6CH4/c1-8-22(29-16-9-12-23(29)31)19-21(25(33)27-13-10-15-28(3)4)18-20(2)24(32)26-14-11-17-30(5,6)7;;;;;;/h20-22H,8-19H2,1-7H3,(H-,26,27,32,33);6*1H4/p+1. The van der Waals surface area contributed by atoms with E-state index >= 15 is 0 Å². The summed E-state index contributed by atoms with van der Waals surface area (Å²) in [5, 5.41) is 6.12. The maximum absolute atomic E-state index is 13.1. The number of amides is 3. The van der Waals surface area contributed by atoms with Crippen LogP contribution in [0, 0.1) is 11.8 Å². The lowest BCUT2D eigenvalue weighted by molar-refractivity contribution is -0.870. The summed E-state index contributed by atoms with van der Waals surface area (Å²) in [4.78, 5) is 42.2. The van der Waals surface area contributed by atoms with Crippen molar-refractivity contribution in [1.82, 2.24) is 20.4 Å². The molecule has 39 heavy (non-hydrogen) atoms. The monoisotopic (exact) mass is 565 g/mol. The fourth-order valence-corrected chi connectivity index (χ4v) is 4.43. The average molecular weight is 565 g/mol. The zero-order chi connectivity index (χ0) is 25.0. The molecule has 1 aliphatic rings. The van der Waals surface area contributed by atoms with Gasteiger partial charge in [-0.25, -0.2) is 0 Å². The second kappa shape index (κ2) is 25.3. The molecule has 1 aliphatic heterocycles. The Hall–Kier alpha value is -1.67. The van der Waals surface area contributed by atoms with Crippen LogP contribution in [0.1, 0.15) is 103 Å². The van der Waals surface area contributed by atoms with Gasteiger partial charge in [0.25, 0.3) is 0 Å². The van der Waals surface area contributed by atoms with Crippen LogP contribution in [0.2, 0.25) is 0 Å². The average Bonchev–Trinajstić information content (AvgIpc) is 3.15. The summed E-state index contributed by atoms with van der Waals surface area (Å²) < 4.78 is 0.870. The predicted octanol–water partition coefficient (Wildman–Crippen LogP) is 5.52. The van der Waals surface area contributed by atoms with Crippen molar-refractivity contribution in [3.8, 4) is 0 Å². The highest BCUT2D eigenvalue weighted by Crippen LogP contribution is 2.25. The predicted molar refractivity (Wildman–Crippen MR) is 174 cm³/mol. The number of quaternary nitrogens is 1. The summed E-state index contributed by atoms with van der Waals surface area (Å²) >= 11 is 0. The first kappa shape index (κ1) is 50.2. The van der Waals surface area contributed by atoms with Crippen molar-refractivity contribution in [1.29, 1.82) is 0 Å². The van der Waals surface area contributed by atoms with Gasteiger partial charge in [-0.15, -0.1) is 0 Å². The zero-order valence-electron chi connectivity index (χ0n) is 22.3. The Labute approximate surface area is 246 Å². The minimum atomic E-state index is -0.283. The van der Waals surface area contributed by atoms with Gasteiger partial charge < -0.3 is 24.9 Å². The topological polar surface area (TPSA) is 81.8 Å². The number of likely N-dealkylation sites (tertiary alicyclic amines) is 1. The van der Waals surface area contributed by atoms with Crippen molar-refractivity contribution in [2.75, 3.05) is 68.0 Å². The summed E-state index contributed by atoms with van der Waals surface area (Å²) in [6.45, 7) is 7.94. The largest absolute Gasteiger partial charge is 0.356 e. The van der Waals surface area contributed by atoms with Crippen LogP contribution in [-0.2, 0) is 14.4 Å². The van der Waals surface area contributed by atoms with E-state index in [1.54, 1.807) is 0 Å². The van der Waals surface area contributed by atoms with Gasteiger partial charge >= 0.3 is 0 Å². The maximum Gasteiger partial charge on any atom is 0.223 e. The quantitative estimate of drug-likeness (QED) is 0.191. The molecule has 3 unspecified atom stereocenters. The molecule has 8 nitrogen and oxygen atoms in total. The number of hydrogen-bond acceptors (Lipinski definition) is 4. The minimum Gasteiger partial charge on any atom is -0.356 e. The van der Waals surface area contributed by atoms with Crippen molar-refractivity contribution in [3.05, 3.63) is 0 Å². The van der Waals surface area contributed by atoms with E-state index in [4.69, 9.17) is 0 Å². The van der Waals surface area contributed by atoms with Crippen molar-refractivity contribution >= 4 is 17.7 Å². The van der Waals surface area contributed by atoms with Crippen molar-refractivity contribution in [2.45, 2.75) is 109 Å². The van der Waals surface area contributed by atoms with Crippen LogP contribution in [-0.4, -0.2) is 106 Å². The molecule has 3 amide bonds. The molecule has 1 heterocycles. The molecule has 0 aromatic carbocycles. The molecule has 1 rings (SSSR count). The molecule has 0 aromatic heterocycles.